The number of nitriles is 1. The van der Waals surface area contributed by atoms with Gasteiger partial charge in [0, 0.05) is 30.1 Å². The number of hydrogen-bond acceptors (Lipinski definition) is 5. The molecule has 4 atom stereocenters. The number of hydrogen-bond donors (Lipinski definition) is 4. The predicted octanol–water partition coefficient (Wildman–Crippen LogP) is 5.23. The Hall–Kier alpha value is -2.21. The first kappa shape index (κ1) is 32.8. The van der Waals surface area contributed by atoms with Gasteiger partial charge >= 0.3 is 0 Å². The van der Waals surface area contributed by atoms with Crippen molar-refractivity contribution in [1.82, 2.24) is 10.6 Å². The van der Waals surface area contributed by atoms with Gasteiger partial charge in [0.1, 0.15) is 5.82 Å². The average Bonchev–Trinajstić information content (AvgIpc) is 3.22. The highest BCUT2D eigenvalue weighted by Crippen LogP contribution is 2.38. The summed E-state index contributed by atoms with van der Waals surface area (Å²) < 4.78 is 14.2. The molecule has 1 aliphatic rings. The molecule has 2 aromatic rings. The largest absolute Gasteiger partial charge is 0.394 e. The van der Waals surface area contributed by atoms with Crippen LogP contribution in [0.25, 0.3) is 0 Å². The molecule has 3 rings (SSSR count). The third-order valence-corrected chi connectivity index (χ3v) is 6.25. The molecule has 2 aromatic carbocycles. The van der Waals surface area contributed by atoms with Gasteiger partial charge in [-0.05, 0) is 54.5 Å². The Balaban J connectivity index is 0.000000332. The summed E-state index contributed by atoms with van der Waals surface area (Å²) in [5, 5.41) is 33.1. The average molecular weight is 555 g/mol. The Morgan fingerprint density at radius 2 is 1.95 bits per heavy atom. The number of nitrogens with one attached hydrogen (secondary N) is 2. The SMILES string of the molecule is CC(C)(C)CC1NCC(c2cccc(Cl)c2F)C1C#N.Cc1cccc(Cl)c1.O=CNCCC(O)CO. The third kappa shape index (κ3) is 12.3. The van der Waals surface area contributed by atoms with E-state index in [4.69, 9.17) is 33.4 Å². The number of aryl methyl sites for hydroxylation is 1. The molecule has 1 aliphatic heterocycles. The molecular weight excluding hydrogens is 516 g/mol. The zero-order valence-corrected chi connectivity index (χ0v) is 23.4. The summed E-state index contributed by atoms with van der Waals surface area (Å²) in [7, 11) is 0. The van der Waals surface area contributed by atoms with Crippen molar-refractivity contribution < 1.29 is 19.4 Å². The minimum atomic E-state index is -0.711. The van der Waals surface area contributed by atoms with Crippen molar-refractivity contribution in [3.8, 4) is 6.07 Å². The van der Waals surface area contributed by atoms with Crippen molar-refractivity contribution in [3.63, 3.8) is 0 Å². The van der Waals surface area contributed by atoms with Crippen LogP contribution in [0.1, 0.15) is 50.7 Å². The highest BCUT2D eigenvalue weighted by atomic mass is 35.5. The van der Waals surface area contributed by atoms with Gasteiger partial charge in [-0.25, -0.2) is 4.39 Å². The van der Waals surface area contributed by atoms with Gasteiger partial charge in [0.15, 0.2) is 0 Å². The number of aliphatic hydroxyl groups excluding tert-OH is 2. The van der Waals surface area contributed by atoms with Gasteiger partial charge in [-0.15, -0.1) is 0 Å². The van der Waals surface area contributed by atoms with E-state index in [0.29, 0.717) is 31.5 Å². The Kier molecular flexibility index (Phi) is 14.7. The number of nitrogens with zero attached hydrogens (tertiary/aromatic N) is 1. The van der Waals surface area contributed by atoms with Crippen molar-refractivity contribution >= 4 is 29.6 Å². The first-order valence-electron chi connectivity index (χ1n) is 12.2. The highest BCUT2D eigenvalue weighted by molar-refractivity contribution is 6.31. The molecule has 9 heteroatoms. The van der Waals surface area contributed by atoms with Crippen molar-refractivity contribution in [2.45, 2.75) is 58.6 Å². The minimum Gasteiger partial charge on any atom is -0.394 e. The molecule has 0 saturated carbocycles. The second-order valence-electron chi connectivity index (χ2n) is 10.2. The Morgan fingerprint density at radius 1 is 1.27 bits per heavy atom. The fraction of sp³-hybridized carbons (Fsp3) is 0.500. The van der Waals surface area contributed by atoms with Gasteiger partial charge in [-0.1, -0.05) is 68.2 Å². The summed E-state index contributed by atoms with van der Waals surface area (Å²) >= 11 is 11.5. The maximum absolute atomic E-state index is 14.2. The molecule has 0 aliphatic carbocycles. The fourth-order valence-electron chi connectivity index (χ4n) is 3.97. The standard InChI is InChI=1S/C16H20ClFN2.C7H7Cl.C5H11NO3/c1-16(2,3)7-14-11(8-19)12(9-20-14)10-5-4-6-13(17)15(10)18;1-6-3-2-4-7(8)5-6;7-3-5(9)1-2-6-4-8/h4-6,11-12,14,20H,7,9H2,1-3H3;2-5H,1H3;4-5,7,9H,1-3H2,(H,6,8). The van der Waals surface area contributed by atoms with E-state index in [9.17, 15) is 14.4 Å². The minimum absolute atomic E-state index is 0.100. The van der Waals surface area contributed by atoms with Crippen LogP contribution in [0.5, 0.6) is 0 Å². The van der Waals surface area contributed by atoms with Gasteiger partial charge in [-0.3, -0.25) is 4.79 Å². The van der Waals surface area contributed by atoms with Gasteiger partial charge in [0.05, 0.1) is 29.7 Å². The van der Waals surface area contributed by atoms with Crippen LogP contribution < -0.4 is 10.6 Å². The van der Waals surface area contributed by atoms with Gasteiger partial charge in [0.25, 0.3) is 0 Å². The summed E-state index contributed by atoms with van der Waals surface area (Å²) in [6.45, 7) is 9.25. The molecule has 1 amide bonds. The fourth-order valence-corrected chi connectivity index (χ4v) is 4.39. The molecule has 0 spiro atoms. The van der Waals surface area contributed by atoms with Gasteiger partial charge in [-0.2, -0.15) is 5.26 Å². The van der Waals surface area contributed by atoms with Crippen molar-refractivity contribution in [2.75, 3.05) is 19.7 Å². The normalized spacial score (nSPS) is 19.4. The Bertz CT molecular complexity index is 994. The molecule has 4 unspecified atom stereocenters. The lowest BCUT2D eigenvalue weighted by molar-refractivity contribution is -0.109. The Labute approximate surface area is 229 Å². The van der Waals surface area contributed by atoms with Crippen LogP contribution >= 0.6 is 23.2 Å². The summed E-state index contributed by atoms with van der Waals surface area (Å²) in [5.74, 6) is -0.745. The molecule has 37 heavy (non-hydrogen) atoms. The van der Waals surface area contributed by atoms with E-state index in [-0.39, 0.29) is 34.9 Å². The smallest absolute Gasteiger partial charge is 0.207 e. The van der Waals surface area contributed by atoms with Crippen LogP contribution in [0.3, 0.4) is 0 Å². The third-order valence-electron chi connectivity index (χ3n) is 5.73. The summed E-state index contributed by atoms with van der Waals surface area (Å²) in [6.07, 6.45) is 1.14. The van der Waals surface area contributed by atoms with Gasteiger partial charge < -0.3 is 20.8 Å². The van der Waals surface area contributed by atoms with Crippen LogP contribution in [0, 0.1) is 35.4 Å². The summed E-state index contributed by atoms with van der Waals surface area (Å²) in [5.41, 5.74) is 1.89. The van der Waals surface area contributed by atoms with Crippen molar-refractivity contribution in [2.24, 2.45) is 11.3 Å². The molecule has 4 N–H and O–H groups in total. The van der Waals surface area contributed by atoms with Crippen LogP contribution in [0.2, 0.25) is 10.0 Å². The lowest BCUT2D eigenvalue weighted by Gasteiger charge is -2.26. The number of halogens is 3. The molecule has 6 nitrogen and oxygen atoms in total. The summed E-state index contributed by atoms with van der Waals surface area (Å²) in [6, 6.07) is 15.2. The summed E-state index contributed by atoms with van der Waals surface area (Å²) in [4.78, 5) is 9.62. The number of carbonyl (C=O) groups is 1. The lowest BCUT2D eigenvalue weighted by Crippen LogP contribution is -2.31. The van der Waals surface area contributed by atoms with Crippen LogP contribution in [-0.2, 0) is 4.79 Å². The van der Waals surface area contributed by atoms with Crippen molar-refractivity contribution in [1.29, 1.82) is 5.26 Å². The second-order valence-corrected chi connectivity index (χ2v) is 11.0. The zero-order chi connectivity index (χ0) is 28.0. The lowest BCUT2D eigenvalue weighted by atomic mass is 9.79. The number of carbonyl (C=O) groups excluding carboxylic acids is 1. The van der Waals surface area contributed by atoms with E-state index in [1.807, 2.05) is 31.2 Å². The zero-order valence-electron chi connectivity index (χ0n) is 21.8. The monoisotopic (exact) mass is 553 g/mol. The molecule has 204 valence electrons. The van der Waals surface area contributed by atoms with Crippen LogP contribution in [0.4, 0.5) is 4.39 Å². The molecule has 1 saturated heterocycles. The van der Waals surface area contributed by atoms with E-state index < -0.39 is 11.9 Å². The second kappa shape index (κ2) is 16.6. The quantitative estimate of drug-likeness (QED) is 0.277. The molecule has 0 aromatic heterocycles. The maximum Gasteiger partial charge on any atom is 0.207 e. The molecular formula is C28H38Cl2FN3O3. The predicted molar refractivity (Wildman–Crippen MR) is 147 cm³/mol. The maximum atomic E-state index is 14.2. The van der Waals surface area contributed by atoms with E-state index in [1.165, 1.54) is 11.6 Å². The number of amides is 1. The first-order valence-corrected chi connectivity index (χ1v) is 12.9. The van der Waals surface area contributed by atoms with Gasteiger partial charge in [0.2, 0.25) is 6.41 Å². The van der Waals surface area contributed by atoms with E-state index >= 15 is 0 Å². The topological polar surface area (TPSA) is 105 Å². The molecule has 0 bridgehead atoms. The number of rotatable bonds is 7. The van der Waals surface area contributed by atoms with E-state index in [0.717, 1.165) is 11.4 Å². The number of aliphatic hydroxyl groups is 2. The molecule has 1 fully saturated rings. The van der Waals surface area contributed by atoms with E-state index in [1.54, 1.807) is 12.1 Å². The Morgan fingerprint density at radius 3 is 2.46 bits per heavy atom. The van der Waals surface area contributed by atoms with Crippen LogP contribution in [0.15, 0.2) is 42.5 Å². The van der Waals surface area contributed by atoms with Crippen molar-refractivity contribution in [3.05, 3.63) is 69.5 Å². The van der Waals surface area contributed by atoms with E-state index in [2.05, 4.69) is 37.5 Å². The molecule has 1 heterocycles. The number of benzene rings is 2. The highest BCUT2D eigenvalue weighted by Gasteiger charge is 2.39. The molecule has 0 radical (unpaired) electrons. The first-order chi connectivity index (χ1) is 17.4. The van der Waals surface area contributed by atoms with Crippen LogP contribution in [-0.4, -0.2) is 48.5 Å².